The first-order chi connectivity index (χ1) is 12.7. The van der Waals surface area contributed by atoms with Crippen molar-refractivity contribution in [3.8, 4) is 17.6 Å². The summed E-state index contributed by atoms with van der Waals surface area (Å²) < 4.78 is 24.8. The van der Waals surface area contributed by atoms with E-state index < -0.39 is 11.9 Å². The molecule has 6 heteroatoms. The van der Waals surface area contributed by atoms with Crippen LogP contribution in [0.4, 0.5) is 9.18 Å². The van der Waals surface area contributed by atoms with E-state index >= 15 is 0 Å². The molecule has 5 nitrogen and oxygen atoms in total. The minimum Gasteiger partial charge on any atom is -0.489 e. The van der Waals surface area contributed by atoms with Gasteiger partial charge in [0.15, 0.2) is 11.6 Å². The molecule has 3 rings (SSSR count). The van der Waals surface area contributed by atoms with Crippen molar-refractivity contribution in [1.29, 1.82) is 5.26 Å². The number of piperidine rings is 1. The molecule has 0 N–H and O–H groups in total. The average molecular weight is 354 g/mol. The van der Waals surface area contributed by atoms with E-state index in [-0.39, 0.29) is 11.7 Å². The topological polar surface area (TPSA) is 62.6 Å². The number of carbonyl (C=O) groups excluding carboxylic acids is 1. The zero-order valence-corrected chi connectivity index (χ0v) is 14.2. The number of nitriles is 1. The predicted octanol–water partition coefficient (Wildman–Crippen LogP) is 4.14. The highest BCUT2D eigenvalue weighted by Gasteiger charge is 2.24. The molecule has 0 unspecified atom stereocenters. The summed E-state index contributed by atoms with van der Waals surface area (Å²) in [7, 11) is 0. The Morgan fingerprint density at radius 3 is 2.62 bits per heavy atom. The van der Waals surface area contributed by atoms with Crippen LogP contribution >= 0.6 is 0 Å². The normalized spacial score (nSPS) is 14.5. The standard InChI is InChI=1S/C20H19FN2O3/c21-18-7-6-17(25-14-16-4-2-1-3-5-16)12-19(18)26-20(24)23-10-8-15(13-22)9-11-23/h1-7,12,15H,8-11,14H2. The Morgan fingerprint density at radius 2 is 1.92 bits per heavy atom. The fourth-order valence-electron chi connectivity index (χ4n) is 2.74. The number of carbonyl (C=O) groups is 1. The monoisotopic (exact) mass is 354 g/mol. The molecule has 0 spiro atoms. The lowest BCUT2D eigenvalue weighted by molar-refractivity contribution is 0.135. The Balaban J connectivity index is 1.60. The maximum Gasteiger partial charge on any atom is 0.415 e. The van der Waals surface area contributed by atoms with Crippen molar-refractivity contribution in [1.82, 2.24) is 4.90 Å². The molecule has 0 aromatic heterocycles. The maximum absolute atomic E-state index is 14.0. The van der Waals surface area contributed by atoms with Crippen LogP contribution in [0.3, 0.4) is 0 Å². The van der Waals surface area contributed by atoms with Gasteiger partial charge in [0, 0.05) is 25.1 Å². The fraction of sp³-hybridized carbons (Fsp3) is 0.300. The second kappa shape index (κ2) is 8.34. The lowest BCUT2D eigenvalue weighted by atomic mass is 9.99. The van der Waals surface area contributed by atoms with Crippen molar-refractivity contribution in [2.45, 2.75) is 19.4 Å². The highest BCUT2D eigenvalue weighted by atomic mass is 19.1. The molecule has 134 valence electrons. The largest absolute Gasteiger partial charge is 0.489 e. The number of ether oxygens (including phenoxy) is 2. The van der Waals surface area contributed by atoms with Crippen molar-refractivity contribution in [3.63, 3.8) is 0 Å². The summed E-state index contributed by atoms with van der Waals surface area (Å²) in [6, 6.07) is 15.9. The van der Waals surface area contributed by atoms with Gasteiger partial charge < -0.3 is 14.4 Å². The van der Waals surface area contributed by atoms with Crippen LogP contribution in [0.5, 0.6) is 11.5 Å². The lowest BCUT2D eigenvalue weighted by Crippen LogP contribution is -2.40. The highest BCUT2D eigenvalue weighted by molar-refractivity contribution is 5.71. The van der Waals surface area contributed by atoms with Gasteiger partial charge in [0.05, 0.1) is 6.07 Å². The third-order valence-electron chi connectivity index (χ3n) is 4.28. The minimum atomic E-state index is -0.627. The van der Waals surface area contributed by atoms with Gasteiger partial charge in [-0.05, 0) is 30.5 Å². The van der Waals surface area contributed by atoms with E-state index in [2.05, 4.69) is 6.07 Å². The van der Waals surface area contributed by atoms with Crippen molar-refractivity contribution >= 4 is 6.09 Å². The quantitative estimate of drug-likeness (QED) is 0.828. The van der Waals surface area contributed by atoms with Gasteiger partial charge in [-0.3, -0.25) is 0 Å². The summed E-state index contributed by atoms with van der Waals surface area (Å²) in [4.78, 5) is 13.7. The number of hydrogen-bond acceptors (Lipinski definition) is 4. The average Bonchev–Trinajstić information content (AvgIpc) is 2.69. The smallest absolute Gasteiger partial charge is 0.415 e. The van der Waals surface area contributed by atoms with Gasteiger partial charge in [0.1, 0.15) is 12.4 Å². The molecular formula is C20H19FN2O3. The van der Waals surface area contributed by atoms with Crippen LogP contribution in [0.1, 0.15) is 18.4 Å². The Kier molecular flexibility index (Phi) is 5.69. The molecular weight excluding hydrogens is 335 g/mol. The molecule has 26 heavy (non-hydrogen) atoms. The number of nitrogens with zero attached hydrogens (tertiary/aromatic N) is 2. The zero-order chi connectivity index (χ0) is 18.4. The van der Waals surface area contributed by atoms with Gasteiger partial charge in [0.25, 0.3) is 0 Å². The molecule has 1 aliphatic heterocycles. The summed E-state index contributed by atoms with van der Waals surface area (Å²) in [6.07, 6.45) is 0.600. The summed E-state index contributed by atoms with van der Waals surface area (Å²) in [5.74, 6) is -0.410. The molecule has 1 aliphatic rings. The highest BCUT2D eigenvalue weighted by Crippen LogP contribution is 2.26. The zero-order valence-electron chi connectivity index (χ0n) is 14.2. The second-order valence-corrected chi connectivity index (χ2v) is 6.12. The third kappa shape index (κ3) is 4.51. The first kappa shape index (κ1) is 17.7. The van der Waals surface area contributed by atoms with Crippen LogP contribution in [-0.2, 0) is 6.61 Å². The van der Waals surface area contributed by atoms with E-state index in [9.17, 15) is 9.18 Å². The van der Waals surface area contributed by atoms with Crippen LogP contribution in [0.2, 0.25) is 0 Å². The summed E-state index contributed by atoms with van der Waals surface area (Å²) in [6.45, 7) is 1.20. The number of amides is 1. The predicted molar refractivity (Wildman–Crippen MR) is 93.1 cm³/mol. The minimum absolute atomic E-state index is 0.0366. The molecule has 2 aromatic carbocycles. The Labute approximate surface area is 151 Å². The van der Waals surface area contributed by atoms with Gasteiger partial charge >= 0.3 is 6.09 Å². The number of likely N-dealkylation sites (tertiary alicyclic amines) is 1. The number of hydrogen-bond donors (Lipinski definition) is 0. The van der Waals surface area contributed by atoms with E-state index in [0.717, 1.165) is 5.56 Å². The molecule has 1 saturated heterocycles. The number of rotatable bonds is 4. The summed E-state index contributed by atoms with van der Waals surface area (Å²) in [5, 5.41) is 8.90. The molecule has 0 radical (unpaired) electrons. The summed E-state index contributed by atoms with van der Waals surface area (Å²) >= 11 is 0. The van der Waals surface area contributed by atoms with Crippen molar-refractivity contribution in [2.75, 3.05) is 13.1 Å². The lowest BCUT2D eigenvalue weighted by Gasteiger charge is -2.28. The third-order valence-corrected chi connectivity index (χ3v) is 4.28. The molecule has 1 fully saturated rings. The van der Waals surface area contributed by atoms with Crippen molar-refractivity contribution in [2.24, 2.45) is 5.92 Å². The van der Waals surface area contributed by atoms with E-state index in [0.29, 0.717) is 38.3 Å². The second-order valence-electron chi connectivity index (χ2n) is 6.12. The maximum atomic E-state index is 14.0. The van der Waals surface area contributed by atoms with E-state index in [1.807, 2.05) is 30.3 Å². The van der Waals surface area contributed by atoms with Gasteiger partial charge in [-0.25, -0.2) is 9.18 Å². The molecule has 1 amide bonds. The van der Waals surface area contributed by atoms with Crippen LogP contribution in [0, 0.1) is 23.1 Å². The van der Waals surface area contributed by atoms with Gasteiger partial charge in [-0.15, -0.1) is 0 Å². The molecule has 0 bridgehead atoms. The fourth-order valence-corrected chi connectivity index (χ4v) is 2.74. The molecule has 0 atom stereocenters. The molecule has 0 aliphatic carbocycles. The van der Waals surface area contributed by atoms with Gasteiger partial charge in [0.2, 0.25) is 0 Å². The van der Waals surface area contributed by atoms with Crippen LogP contribution < -0.4 is 9.47 Å². The van der Waals surface area contributed by atoms with Gasteiger partial charge in [-0.1, -0.05) is 30.3 Å². The van der Waals surface area contributed by atoms with E-state index in [1.165, 1.54) is 23.1 Å². The van der Waals surface area contributed by atoms with Crippen LogP contribution in [0.25, 0.3) is 0 Å². The summed E-state index contributed by atoms with van der Waals surface area (Å²) in [5.41, 5.74) is 0.982. The Bertz CT molecular complexity index is 796. The Morgan fingerprint density at radius 1 is 1.19 bits per heavy atom. The molecule has 1 heterocycles. The van der Waals surface area contributed by atoms with Crippen molar-refractivity contribution in [3.05, 3.63) is 59.9 Å². The molecule has 2 aromatic rings. The van der Waals surface area contributed by atoms with Crippen LogP contribution in [-0.4, -0.2) is 24.1 Å². The van der Waals surface area contributed by atoms with E-state index in [4.69, 9.17) is 14.7 Å². The SMILES string of the molecule is N#CC1CCN(C(=O)Oc2cc(OCc3ccccc3)ccc2F)CC1. The van der Waals surface area contributed by atoms with Gasteiger partial charge in [-0.2, -0.15) is 5.26 Å². The first-order valence-electron chi connectivity index (χ1n) is 8.48. The number of benzene rings is 2. The first-order valence-corrected chi connectivity index (χ1v) is 8.48. The van der Waals surface area contributed by atoms with Crippen molar-refractivity contribution < 1.29 is 18.7 Å². The number of halogens is 1. The molecule has 0 saturated carbocycles. The van der Waals surface area contributed by atoms with Crippen LogP contribution in [0.15, 0.2) is 48.5 Å². The Hall–Kier alpha value is -3.07. The van der Waals surface area contributed by atoms with E-state index in [1.54, 1.807) is 0 Å².